The van der Waals surface area contributed by atoms with Gasteiger partial charge in [-0.15, -0.1) is 5.10 Å². The first kappa shape index (κ1) is 18.8. The van der Waals surface area contributed by atoms with Crippen molar-refractivity contribution in [3.05, 3.63) is 28.4 Å². The van der Waals surface area contributed by atoms with E-state index < -0.39 is 0 Å². The van der Waals surface area contributed by atoms with Gasteiger partial charge in [0.05, 0.1) is 32.2 Å². The minimum atomic E-state index is -0.189. The van der Waals surface area contributed by atoms with Crippen molar-refractivity contribution < 1.29 is 19.3 Å². The van der Waals surface area contributed by atoms with Crippen LogP contribution in [0.1, 0.15) is 35.1 Å². The van der Waals surface area contributed by atoms with E-state index in [1.807, 2.05) is 19.1 Å². The monoisotopic (exact) mass is 404 g/mol. The Hall–Kier alpha value is -2.52. The standard InChI is InChI=1S/C19H24N4O4S/c1-11-20-19-23(21-11)18(24)17(28-19)14(22-9-5-6-10-22)12-7-8-13(25-2)16(27-4)15(12)26-3/h7-8,14,24H,5-6,9-10H2,1-4H3/t14-/m0/s1. The Morgan fingerprint density at radius 3 is 2.39 bits per heavy atom. The molecule has 0 saturated carbocycles. The van der Waals surface area contributed by atoms with Gasteiger partial charge in [-0.2, -0.15) is 4.52 Å². The third-order valence-electron chi connectivity index (χ3n) is 5.09. The van der Waals surface area contributed by atoms with Gasteiger partial charge in [-0.3, -0.25) is 4.90 Å². The average molecular weight is 404 g/mol. The molecule has 1 fully saturated rings. The molecule has 28 heavy (non-hydrogen) atoms. The van der Waals surface area contributed by atoms with Crippen molar-refractivity contribution in [2.75, 3.05) is 34.4 Å². The zero-order chi connectivity index (χ0) is 19.8. The predicted molar refractivity (Wildman–Crippen MR) is 106 cm³/mol. The lowest BCUT2D eigenvalue weighted by molar-refractivity contribution is 0.264. The number of ether oxygens (including phenoxy) is 3. The van der Waals surface area contributed by atoms with Crippen molar-refractivity contribution >= 4 is 16.3 Å². The Bertz CT molecular complexity index is 994. The van der Waals surface area contributed by atoms with Gasteiger partial charge in [-0.25, -0.2) is 4.98 Å². The van der Waals surface area contributed by atoms with E-state index in [2.05, 4.69) is 15.0 Å². The minimum absolute atomic E-state index is 0.120. The maximum Gasteiger partial charge on any atom is 0.230 e. The second-order valence-corrected chi connectivity index (χ2v) is 7.72. The van der Waals surface area contributed by atoms with E-state index in [1.165, 1.54) is 15.9 Å². The summed E-state index contributed by atoms with van der Waals surface area (Å²) < 4.78 is 18.3. The SMILES string of the molecule is COc1ccc([C@@H](c2sc3nc(C)nn3c2O)N2CCCC2)c(OC)c1OC. The number of aromatic hydroxyl groups is 1. The van der Waals surface area contributed by atoms with Crippen LogP contribution in [0.5, 0.6) is 23.1 Å². The molecule has 1 aromatic carbocycles. The number of hydrogen-bond acceptors (Lipinski definition) is 8. The Kier molecular flexibility index (Phi) is 5.03. The van der Waals surface area contributed by atoms with E-state index in [0.29, 0.717) is 28.0 Å². The second-order valence-electron chi connectivity index (χ2n) is 6.71. The number of aromatic nitrogens is 3. The van der Waals surface area contributed by atoms with E-state index in [9.17, 15) is 5.11 Å². The first-order valence-electron chi connectivity index (χ1n) is 9.17. The second kappa shape index (κ2) is 7.48. The van der Waals surface area contributed by atoms with Crippen molar-refractivity contribution in [2.24, 2.45) is 0 Å². The Labute approximate surface area is 167 Å². The fraction of sp³-hybridized carbons (Fsp3) is 0.474. The van der Waals surface area contributed by atoms with Crippen molar-refractivity contribution in [3.8, 4) is 23.1 Å². The lowest BCUT2D eigenvalue weighted by Crippen LogP contribution is -2.26. The normalized spacial score (nSPS) is 15.9. The molecule has 1 N–H and O–H groups in total. The number of hydrogen-bond donors (Lipinski definition) is 1. The number of nitrogens with zero attached hydrogens (tertiary/aromatic N) is 4. The molecule has 0 radical (unpaired) electrons. The van der Waals surface area contributed by atoms with Gasteiger partial charge in [0.15, 0.2) is 11.5 Å². The molecular formula is C19H24N4O4S. The summed E-state index contributed by atoms with van der Waals surface area (Å²) in [5.41, 5.74) is 0.915. The third-order valence-corrected chi connectivity index (χ3v) is 6.16. The van der Waals surface area contributed by atoms with Gasteiger partial charge < -0.3 is 19.3 Å². The molecule has 2 aromatic heterocycles. The molecule has 1 aliphatic rings. The van der Waals surface area contributed by atoms with Crippen LogP contribution in [0.15, 0.2) is 12.1 Å². The number of methoxy groups -OCH3 is 3. The highest BCUT2D eigenvalue weighted by atomic mass is 32.1. The lowest BCUT2D eigenvalue weighted by atomic mass is 10.0. The number of fused-ring (bicyclic) bond motifs is 1. The van der Waals surface area contributed by atoms with Crippen LogP contribution in [0.25, 0.3) is 4.96 Å². The molecule has 9 heteroatoms. The molecular weight excluding hydrogens is 380 g/mol. The van der Waals surface area contributed by atoms with Crippen LogP contribution >= 0.6 is 11.3 Å². The fourth-order valence-electron chi connectivity index (χ4n) is 3.87. The Balaban J connectivity index is 1.92. The van der Waals surface area contributed by atoms with Gasteiger partial charge in [0, 0.05) is 5.56 Å². The maximum atomic E-state index is 10.9. The van der Waals surface area contributed by atoms with Gasteiger partial charge in [-0.05, 0) is 45.0 Å². The average Bonchev–Trinajstić information content (AvgIpc) is 3.41. The van der Waals surface area contributed by atoms with Crippen LogP contribution in [0.4, 0.5) is 0 Å². The molecule has 0 amide bonds. The summed E-state index contributed by atoms with van der Waals surface area (Å²) in [7, 11) is 4.81. The van der Waals surface area contributed by atoms with E-state index >= 15 is 0 Å². The van der Waals surface area contributed by atoms with Crippen molar-refractivity contribution in [1.29, 1.82) is 0 Å². The topological polar surface area (TPSA) is 81.4 Å². The number of rotatable bonds is 6. The van der Waals surface area contributed by atoms with Crippen LogP contribution in [0.2, 0.25) is 0 Å². The summed E-state index contributed by atoms with van der Waals surface area (Å²) in [5.74, 6) is 2.50. The zero-order valence-corrected chi connectivity index (χ0v) is 17.2. The molecule has 4 rings (SSSR count). The van der Waals surface area contributed by atoms with Gasteiger partial charge in [0.2, 0.25) is 16.6 Å². The van der Waals surface area contributed by atoms with E-state index in [1.54, 1.807) is 21.3 Å². The summed E-state index contributed by atoms with van der Waals surface area (Å²) in [6, 6.07) is 3.66. The highest BCUT2D eigenvalue weighted by molar-refractivity contribution is 7.17. The minimum Gasteiger partial charge on any atom is -0.493 e. The zero-order valence-electron chi connectivity index (χ0n) is 16.4. The van der Waals surface area contributed by atoms with Crippen LogP contribution in [-0.4, -0.2) is 59.0 Å². The van der Waals surface area contributed by atoms with Gasteiger partial charge in [-0.1, -0.05) is 11.3 Å². The molecule has 8 nitrogen and oxygen atoms in total. The maximum absolute atomic E-state index is 10.9. The van der Waals surface area contributed by atoms with Gasteiger partial charge in [0.1, 0.15) is 5.82 Å². The number of likely N-dealkylation sites (tertiary alicyclic amines) is 1. The van der Waals surface area contributed by atoms with Crippen LogP contribution in [-0.2, 0) is 0 Å². The first-order chi connectivity index (χ1) is 13.6. The molecule has 0 bridgehead atoms. The van der Waals surface area contributed by atoms with E-state index in [0.717, 1.165) is 36.4 Å². The lowest BCUT2D eigenvalue weighted by Gasteiger charge is -2.29. The summed E-state index contributed by atoms with van der Waals surface area (Å²) in [6.45, 7) is 3.69. The molecule has 1 atom stereocenters. The molecule has 1 saturated heterocycles. The molecule has 0 spiro atoms. The number of aryl methyl sites for hydroxylation is 1. The van der Waals surface area contributed by atoms with Crippen molar-refractivity contribution in [3.63, 3.8) is 0 Å². The molecule has 0 aliphatic carbocycles. The van der Waals surface area contributed by atoms with Gasteiger partial charge in [0.25, 0.3) is 0 Å². The summed E-state index contributed by atoms with van der Waals surface area (Å²) in [4.78, 5) is 8.23. The van der Waals surface area contributed by atoms with E-state index in [-0.39, 0.29) is 11.9 Å². The highest BCUT2D eigenvalue weighted by Gasteiger charge is 2.34. The number of thiazole rings is 1. The third kappa shape index (κ3) is 2.94. The summed E-state index contributed by atoms with van der Waals surface area (Å²) >= 11 is 1.45. The van der Waals surface area contributed by atoms with Crippen LogP contribution in [0, 0.1) is 6.92 Å². The van der Waals surface area contributed by atoms with Gasteiger partial charge >= 0.3 is 0 Å². The molecule has 1 aliphatic heterocycles. The summed E-state index contributed by atoms with van der Waals surface area (Å²) in [6.07, 6.45) is 2.24. The Morgan fingerprint density at radius 1 is 1.07 bits per heavy atom. The highest BCUT2D eigenvalue weighted by Crippen LogP contribution is 2.48. The van der Waals surface area contributed by atoms with Crippen molar-refractivity contribution in [2.45, 2.75) is 25.8 Å². The molecule has 150 valence electrons. The molecule has 3 heterocycles. The largest absolute Gasteiger partial charge is 0.493 e. The first-order valence-corrected chi connectivity index (χ1v) is 9.98. The summed E-state index contributed by atoms with van der Waals surface area (Å²) in [5, 5.41) is 15.2. The molecule has 3 aromatic rings. The van der Waals surface area contributed by atoms with Crippen LogP contribution in [0.3, 0.4) is 0 Å². The fourth-order valence-corrected chi connectivity index (χ4v) is 5.02. The number of benzene rings is 1. The quantitative estimate of drug-likeness (QED) is 0.676. The molecule has 0 unspecified atom stereocenters. The predicted octanol–water partition coefficient (Wildman–Crippen LogP) is 3.02. The van der Waals surface area contributed by atoms with E-state index in [4.69, 9.17) is 14.2 Å². The Morgan fingerprint density at radius 2 is 1.79 bits per heavy atom. The smallest absolute Gasteiger partial charge is 0.230 e. The van der Waals surface area contributed by atoms with Crippen LogP contribution < -0.4 is 14.2 Å². The van der Waals surface area contributed by atoms with Crippen molar-refractivity contribution in [1.82, 2.24) is 19.5 Å².